The Balaban J connectivity index is 2.28. The third kappa shape index (κ3) is 3.66. The van der Waals surface area contributed by atoms with Crippen molar-refractivity contribution in [2.45, 2.75) is 12.8 Å². The van der Waals surface area contributed by atoms with Gasteiger partial charge in [0.1, 0.15) is 5.82 Å². The second kappa shape index (κ2) is 6.65. The van der Waals surface area contributed by atoms with E-state index in [1.165, 1.54) is 6.07 Å². The van der Waals surface area contributed by atoms with Gasteiger partial charge in [0.15, 0.2) is 0 Å². The molecule has 5 heteroatoms. The number of hydrogen-bond acceptors (Lipinski definition) is 3. The normalized spacial score (nSPS) is 11.4. The molecule has 0 atom stereocenters. The van der Waals surface area contributed by atoms with Gasteiger partial charge < -0.3 is 10.3 Å². The molecule has 0 heterocycles. The van der Waals surface area contributed by atoms with Gasteiger partial charge in [-0.25, -0.2) is 4.39 Å². The van der Waals surface area contributed by atoms with Crippen LogP contribution in [0, 0.1) is 5.82 Å². The molecular weight excluding hydrogens is 273 g/mol. The molecule has 0 aliphatic carbocycles. The Morgan fingerprint density at radius 1 is 1.10 bits per heavy atom. The zero-order valence-corrected chi connectivity index (χ0v) is 11.2. The Labute approximate surface area is 121 Å². The molecule has 0 radical (unpaired) electrons. The molecule has 4 nitrogen and oxygen atoms in total. The van der Waals surface area contributed by atoms with Gasteiger partial charge >= 0.3 is 5.97 Å². The first-order chi connectivity index (χ1) is 10.1. The summed E-state index contributed by atoms with van der Waals surface area (Å²) >= 11 is 0. The van der Waals surface area contributed by atoms with Crippen LogP contribution in [-0.4, -0.2) is 22.0 Å². The summed E-state index contributed by atoms with van der Waals surface area (Å²) in [6, 6.07) is 13.5. The molecule has 0 amide bonds. The predicted molar refractivity (Wildman–Crippen MR) is 77.0 cm³/mol. The maximum absolute atomic E-state index is 14.2. The minimum atomic E-state index is -1.00. The van der Waals surface area contributed by atoms with Gasteiger partial charge in [0, 0.05) is 17.5 Å². The predicted octanol–water partition coefficient (Wildman–Crippen LogP) is 3.54. The zero-order chi connectivity index (χ0) is 15.2. The van der Waals surface area contributed by atoms with Crippen molar-refractivity contribution in [1.82, 2.24) is 0 Å². The number of benzene rings is 2. The van der Waals surface area contributed by atoms with Gasteiger partial charge in [0.2, 0.25) is 0 Å². The van der Waals surface area contributed by atoms with Crippen molar-refractivity contribution in [3.05, 3.63) is 59.9 Å². The molecule has 0 aliphatic rings. The highest BCUT2D eigenvalue weighted by atomic mass is 19.1. The Morgan fingerprint density at radius 3 is 2.38 bits per heavy atom. The quantitative estimate of drug-likeness (QED) is 0.502. The number of carboxylic acid groups (broad SMARTS) is 1. The largest absolute Gasteiger partial charge is 0.481 e. The summed E-state index contributed by atoms with van der Waals surface area (Å²) in [5.41, 5.74) is 1.70. The van der Waals surface area contributed by atoms with Crippen molar-refractivity contribution in [1.29, 1.82) is 0 Å². The molecule has 108 valence electrons. The molecule has 0 saturated heterocycles. The standard InChI is InChI=1S/C16H14FNO3/c17-14-10-12(15(18-21)8-9-16(19)20)6-7-13(14)11-4-2-1-3-5-11/h1-7,10,21H,8-9H2,(H,19,20)/b18-15+. The van der Waals surface area contributed by atoms with Gasteiger partial charge in [-0.15, -0.1) is 0 Å². The third-order valence-corrected chi connectivity index (χ3v) is 3.08. The fourth-order valence-electron chi connectivity index (χ4n) is 2.02. The molecule has 0 aromatic heterocycles. The second-order valence-corrected chi connectivity index (χ2v) is 4.50. The Morgan fingerprint density at radius 2 is 1.81 bits per heavy atom. The highest BCUT2D eigenvalue weighted by Crippen LogP contribution is 2.24. The number of aliphatic carboxylic acids is 1. The first-order valence-corrected chi connectivity index (χ1v) is 6.40. The summed E-state index contributed by atoms with van der Waals surface area (Å²) in [5.74, 6) is -1.45. The minimum Gasteiger partial charge on any atom is -0.481 e. The third-order valence-electron chi connectivity index (χ3n) is 3.08. The van der Waals surface area contributed by atoms with Crippen LogP contribution in [0.4, 0.5) is 4.39 Å². The SMILES string of the molecule is O=C(O)CC/C(=N\O)c1ccc(-c2ccccc2)c(F)c1. The van der Waals surface area contributed by atoms with Crippen molar-refractivity contribution < 1.29 is 19.5 Å². The van der Waals surface area contributed by atoms with Crippen LogP contribution in [0.5, 0.6) is 0 Å². The summed E-state index contributed by atoms with van der Waals surface area (Å²) in [6.07, 6.45) is -0.141. The maximum atomic E-state index is 14.2. The molecule has 2 N–H and O–H groups in total. The molecule has 0 saturated carbocycles. The van der Waals surface area contributed by atoms with Crippen LogP contribution in [0.25, 0.3) is 11.1 Å². The van der Waals surface area contributed by atoms with E-state index in [4.69, 9.17) is 10.3 Å². The lowest BCUT2D eigenvalue weighted by Crippen LogP contribution is -2.06. The van der Waals surface area contributed by atoms with E-state index in [1.807, 2.05) is 18.2 Å². The van der Waals surface area contributed by atoms with Crippen molar-refractivity contribution >= 4 is 11.7 Å². The van der Waals surface area contributed by atoms with E-state index >= 15 is 0 Å². The maximum Gasteiger partial charge on any atom is 0.303 e. The van der Waals surface area contributed by atoms with E-state index in [-0.39, 0.29) is 18.6 Å². The lowest BCUT2D eigenvalue weighted by molar-refractivity contribution is -0.136. The second-order valence-electron chi connectivity index (χ2n) is 4.50. The number of nitrogens with zero attached hydrogens (tertiary/aromatic N) is 1. The summed E-state index contributed by atoms with van der Waals surface area (Å²) in [4.78, 5) is 10.5. The Hall–Kier alpha value is -2.69. The van der Waals surface area contributed by atoms with Crippen molar-refractivity contribution in [3.8, 4) is 11.1 Å². The van der Waals surface area contributed by atoms with Crippen LogP contribution < -0.4 is 0 Å². The average molecular weight is 287 g/mol. The number of rotatable bonds is 5. The lowest BCUT2D eigenvalue weighted by atomic mass is 10.00. The van der Waals surface area contributed by atoms with Crippen LogP contribution in [0.2, 0.25) is 0 Å². The van der Waals surface area contributed by atoms with Crippen molar-refractivity contribution in [2.24, 2.45) is 5.16 Å². The van der Waals surface area contributed by atoms with Gasteiger partial charge in [-0.2, -0.15) is 0 Å². The first kappa shape index (κ1) is 14.7. The molecule has 2 aromatic carbocycles. The summed E-state index contributed by atoms with van der Waals surface area (Å²) in [7, 11) is 0. The van der Waals surface area contributed by atoms with Crippen LogP contribution >= 0.6 is 0 Å². The number of oxime groups is 1. The number of carboxylic acids is 1. The van der Waals surface area contributed by atoms with Gasteiger partial charge in [0.05, 0.1) is 12.1 Å². The highest BCUT2D eigenvalue weighted by molar-refractivity contribution is 6.01. The zero-order valence-electron chi connectivity index (χ0n) is 11.2. The van der Waals surface area contributed by atoms with Gasteiger partial charge in [-0.05, 0) is 11.6 Å². The van der Waals surface area contributed by atoms with Gasteiger partial charge in [0.25, 0.3) is 0 Å². The topological polar surface area (TPSA) is 69.9 Å². The van der Waals surface area contributed by atoms with E-state index in [1.54, 1.807) is 24.3 Å². The van der Waals surface area contributed by atoms with Gasteiger partial charge in [-0.3, -0.25) is 4.79 Å². The van der Waals surface area contributed by atoms with E-state index in [2.05, 4.69) is 5.16 Å². The summed E-state index contributed by atoms with van der Waals surface area (Å²) < 4.78 is 14.2. The Bertz CT molecular complexity index is 668. The van der Waals surface area contributed by atoms with E-state index < -0.39 is 11.8 Å². The molecule has 0 fully saturated rings. The Kier molecular flexibility index (Phi) is 4.66. The monoisotopic (exact) mass is 287 g/mol. The average Bonchev–Trinajstić information content (AvgIpc) is 2.48. The fraction of sp³-hybridized carbons (Fsp3) is 0.125. The van der Waals surface area contributed by atoms with Crippen LogP contribution in [0.1, 0.15) is 18.4 Å². The van der Waals surface area contributed by atoms with E-state index in [0.29, 0.717) is 11.1 Å². The first-order valence-electron chi connectivity index (χ1n) is 6.40. The van der Waals surface area contributed by atoms with Crippen LogP contribution in [-0.2, 0) is 4.79 Å². The number of carbonyl (C=O) groups is 1. The fourth-order valence-corrected chi connectivity index (χ4v) is 2.02. The lowest BCUT2D eigenvalue weighted by Gasteiger charge is -2.07. The number of halogens is 1. The van der Waals surface area contributed by atoms with Crippen molar-refractivity contribution in [3.63, 3.8) is 0 Å². The van der Waals surface area contributed by atoms with Gasteiger partial charge in [-0.1, -0.05) is 47.6 Å². The smallest absolute Gasteiger partial charge is 0.303 e. The van der Waals surface area contributed by atoms with E-state index in [0.717, 1.165) is 5.56 Å². The van der Waals surface area contributed by atoms with Crippen LogP contribution in [0.15, 0.2) is 53.7 Å². The molecular formula is C16H14FNO3. The molecule has 0 aliphatic heterocycles. The highest BCUT2D eigenvalue weighted by Gasteiger charge is 2.11. The number of hydrogen-bond donors (Lipinski definition) is 2. The molecule has 2 rings (SSSR count). The molecule has 2 aromatic rings. The summed E-state index contributed by atoms with van der Waals surface area (Å²) in [6.45, 7) is 0. The van der Waals surface area contributed by atoms with E-state index in [9.17, 15) is 9.18 Å². The van der Waals surface area contributed by atoms with Crippen LogP contribution in [0.3, 0.4) is 0 Å². The molecule has 0 unspecified atom stereocenters. The molecule has 0 spiro atoms. The summed E-state index contributed by atoms with van der Waals surface area (Å²) in [5, 5.41) is 20.6. The molecule has 0 bridgehead atoms. The van der Waals surface area contributed by atoms with Crippen molar-refractivity contribution in [2.75, 3.05) is 0 Å². The minimum absolute atomic E-state index is 0.0377. The molecule has 21 heavy (non-hydrogen) atoms.